The SMILES string of the molecule is CC(C)(C)CCC(O)(O)O. The van der Waals surface area contributed by atoms with Crippen LogP contribution in [0.4, 0.5) is 0 Å². The van der Waals surface area contributed by atoms with Gasteiger partial charge in [0.1, 0.15) is 0 Å². The molecule has 0 spiro atoms. The van der Waals surface area contributed by atoms with Crippen molar-refractivity contribution in [2.75, 3.05) is 0 Å². The van der Waals surface area contributed by atoms with Crippen LogP contribution in [0.15, 0.2) is 0 Å². The van der Waals surface area contributed by atoms with E-state index in [9.17, 15) is 0 Å². The van der Waals surface area contributed by atoms with Gasteiger partial charge in [-0.3, -0.25) is 0 Å². The molecule has 0 aliphatic heterocycles. The van der Waals surface area contributed by atoms with E-state index in [4.69, 9.17) is 15.3 Å². The first-order valence-electron chi connectivity index (χ1n) is 3.38. The predicted octanol–water partition coefficient (Wildman–Crippen LogP) is 0.443. The van der Waals surface area contributed by atoms with Crippen LogP contribution in [0.25, 0.3) is 0 Å². The van der Waals surface area contributed by atoms with Crippen molar-refractivity contribution in [1.82, 2.24) is 0 Å². The summed E-state index contributed by atoms with van der Waals surface area (Å²) in [6, 6.07) is 0. The Morgan fingerprint density at radius 2 is 1.30 bits per heavy atom. The first-order valence-corrected chi connectivity index (χ1v) is 3.38. The second-order valence-corrected chi connectivity index (χ2v) is 3.84. The molecule has 62 valence electrons. The molecule has 10 heavy (non-hydrogen) atoms. The van der Waals surface area contributed by atoms with Crippen molar-refractivity contribution in [3.63, 3.8) is 0 Å². The number of rotatable bonds is 2. The van der Waals surface area contributed by atoms with Crippen LogP contribution in [0.3, 0.4) is 0 Å². The molecule has 0 atom stereocenters. The Morgan fingerprint density at radius 3 is 1.40 bits per heavy atom. The van der Waals surface area contributed by atoms with Crippen molar-refractivity contribution in [3.8, 4) is 0 Å². The van der Waals surface area contributed by atoms with E-state index in [1.54, 1.807) is 0 Å². The molecule has 0 aromatic rings. The molecular weight excluding hydrogens is 132 g/mol. The summed E-state index contributed by atoms with van der Waals surface area (Å²) in [5.74, 6) is -2.49. The Morgan fingerprint density at radius 1 is 0.900 bits per heavy atom. The van der Waals surface area contributed by atoms with Gasteiger partial charge >= 0.3 is 0 Å². The Bertz CT molecular complexity index is 82.4. The number of hydrogen-bond donors (Lipinski definition) is 3. The summed E-state index contributed by atoms with van der Waals surface area (Å²) >= 11 is 0. The van der Waals surface area contributed by atoms with Gasteiger partial charge in [-0.05, 0) is 11.8 Å². The number of aliphatic hydroxyl groups is 3. The average molecular weight is 148 g/mol. The van der Waals surface area contributed by atoms with Gasteiger partial charge in [0.2, 0.25) is 0 Å². The molecule has 3 nitrogen and oxygen atoms in total. The van der Waals surface area contributed by atoms with Crippen LogP contribution in [0.1, 0.15) is 33.6 Å². The van der Waals surface area contributed by atoms with Crippen LogP contribution < -0.4 is 0 Å². The molecule has 0 amide bonds. The monoisotopic (exact) mass is 148 g/mol. The van der Waals surface area contributed by atoms with Crippen molar-refractivity contribution < 1.29 is 15.3 Å². The van der Waals surface area contributed by atoms with Crippen LogP contribution in [0.5, 0.6) is 0 Å². The summed E-state index contributed by atoms with van der Waals surface area (Å²) in [6.07, 6.45) is 0.576. The van der Waals surface area contributed by atoms with Crippen LogP contribution in [-0.2, 0) is 0 Å². The second kappa shape index (κ2) is 2.86. The third kappa shape index (κ3) is 7.88. The predicted molar refractivity (Wildman–Crippen MR) is 38.1 cm³/mol. The van der Waals surface area contributed by atoms with Gasteiger partial charge in [0.05, 0.1) is 0 Å². The van der Waals surface area contributed by atoms with Gasteiger partial charge in [-0.2, -0.15) is 0 Å². The van der Waals surface area contributed by atoms with Gasteiger partial charge in [0.15, 0.2) is 0 Å². The molecule has 0 aromatic heterocycles. The van der Waals surface area contributed by atoms with Crippen molar-refractivity contribution in [1.29, 1.82) is 0 Å². The summed E-state index contributed by atoms with van der Waals surface area (Å²) in [6.45, 7) is 5.91. The highest BCUT2D eigenvalue weighted by Crippen LogP contribution is 2.23. The van der Waals surface area contributed by atoms with Gasteiger partial charge in [-0.25, -0.2) is 0 Å². The highest BCUT2D eigenvalue weighted by molar-refractivity contribution is 4.63. The summed E-state index contributed by atoms with van der Waals surface area (Å²) < 4.78 is 0. The molecular formula is C7H16O3. The van der Waals surface area contributed by atoms with Crippen molar-refractivity contribution >= 4 is 0 Å². The largest absolute Gasteiger partial charge is 0.344 e. The van der Waals surface area contributed by atoms with Gasteiger partial charge in [0, 0.05) is 6.42 Å². The van der Waals surface area contributed by atoms with Crippen LogP contribution >= 0.6 is 0 Å². The van der Waals surface area contributed by atoms with E-state index in [2.05, 4.69) is 0 Å². The normalized spacial score (nSPS) is 13.8. The van der Waals surface area contributed by atoms with E-state index in [1.807, 2.05) is 20.8 Å². The van der Waals surface area contributed by atoms with E-state index in [1.165, 1.54) is 0 Å². The van der Waals surface area contributed by atoms with Crippen LogP contribution in [0, 0.1) is 5.41 Å². The fourth-order valence-electron chi connectivity index (χ4n) is 0.543. The molecule has 0 bridgehead atoms. The summed E-state index contributed by atoms with van der Waals surface area (Å²) in [4.78, 5) is 0. The molecule has 0 aromatic carbocycles. The lowest BCUT2D eigenvalue weighted by atomic mass is 9.90. The fourth-order valence-corrected chi connectivity index (χ4v) is 0.543. The Balaban J connectivity index is 3.56. The molecule has 0 saturated carbocycles. The lowest BCUT2D eigenvalue weighted by molar-refractivity contribution is -0.316. The van der Waals surface area contributed by atoms with E-state index in [0.29, 0.717) is 6.42 Å². The smallest absolute Gasteiger partial charge is 0.275 e. The summed E-state index contributed by atoms with van der Waals surface area (Å²) in [7, 11) is 0. The third-order valence-corrected chi connectivity index (χ3v) is 1.21. The molecule has 0 fully saturated rings. The molecule has 0 heterocycles. The zero-order valence-electron chi connectivity index (χ0n) is 6.76. The summed E-state index contributed by atoms with van der Waals surface area (Å²) in [5, 5.41) is 25.5. The first kappa shape index (κ1) is 9.88. The molecule has 0 saturated heterocycles. The van der Waals surface area contributed by atoms with E-state index < -0.39 is 5.97 Å². The topological polar surface area (TPSA) is 60.7 Å². The minimum absolute atomic E-state index is 0.00347. The third-order valence-electron chi connectivity index (χ3n) is 1.21. The molecule has 0 aliphatic carbocycles. The van der Waals surface area contributed by atoms with Gasteiger partial charge in [-0.1, -0.05) is 20.8 Å². The average Bonchev–Trinajstić information content (AvgIpc) is 1.57. The van der Waals surface area contributed by atoms with E-state index in [0.717, 1.165) is 0 Å². The number of hydrogen-bond acceptors (Lipinski definition) is 3. The molecule has 0 aliphatic rings. The maximum absolute atomic E-state index is 8.49. The van der Waals surface area contributed by atoms with Gasteiger partial charge < -0.3 is 15.3 Å². The molecule has 0 unspecified atom stereocenters. The molecule has 0 rings (SSSR count). The van der Waals surface area contributed by atoms with Gasteiger partial charge in [0.25, 0.3) is 5.97 Å². The zero-order valence-corrected chi connectivity index (χ0v) is 6.76. The van der Waals surface area contributed by atoms with Crippen molar-refractivity contribution in [2.24, 2.45) is 5.41 Å². The van der Waals surface area contributed by atoms with Crippen LogP contribution in [-0.4, -0.2) is 21.3 Å². The summed E-state index contributed by atoms with van der Waals surface area (Å²) in [5.41, 5.74) is 0.0272. The molecule has 3 heteroatoms. The Kier molecular flexibility index (Phi) is 2.83. The first-order chi connectivity index (χ1) is 4.21. The molecule has 0 radical (unpaired) electrons. The Labute approximate surface area is 61.3 Å². The van der Waals surface area contributed by atoms with Gasteiger partial charge in [-0.15, -0.1) is 0 Å². The van der Waals surface area contributed by atoms with Crippen molar-refractivity contribution in [2.45, 2.75) is 39.6 Å². The standard InChI is InChI=1S/C7H16O3/c1-6(2,3)4-5-7(8,9)10/h8-10H,4-5H2,1-3H3. The zero-order chi connectivity index (χ0) is 8.41. The minimum Gasteiger partial charge on any atom is -0.344 e. The highest BCUT2D eigenvalue weighted by atomic mass is 16.7. The second-order valence-electron chi connectivity index (χ2n) is 3.84. The minimum atomic E-state index is -2.49. The quantitative estimate of drug-likeness (QED) is 0.498. The van der Waals surface area contributed by atoms with Crippen molar-refractivity contribution in [3.05, 3.63) is 0 Å². The fraction of sp³-hybridized carbons (Fsp3) is 1.00. The lowest BCUT2D eigenvalue weighted by Crippen LogP contribution is -2.28. The maximum atomic E-state index is 8.49. The van der Waals surface area contributed by atoms with Crippen LogP contribution in [0.2, 0.25) is 0 Å². The maximum Gasteiger partial charge on any atom is 0.275 e. The Hall–Kier alpha value is -0.120. The molecule has 3 N–H and O–H groups in total. The lowest BCUT2D eigenvalue weighted by Gasteiger charge is -2.21. The highest BCUT2D eigenvalue weighted by Gasteiger charge is 2.21. The van der Waals surface area contributed by atoms with E-state index in [-0.39, 0.29) is 11.8 Å². The van der Waals surface area contributed by atoms with E-state index >= 15 is 0 Å².